The molecule has 0 N–H and O–H groups in total. The van der Waals surface area contributed by atoms with E-state index in [4.69, 9.17) is 9.47 Å². The van der Waals surface area contributed by atoms with Crippen LogP contribution in [0.4, 0.5) is 0 Å². The number of hydrogen-bond donors (Lipinski definition) is 0. The second-order valence-corrected chi connectivity index (χ2v) is 12.0. The SMILES string of the molecule is COc1c2ccccc2c(OC)c2cc(Sc3ccc([S+](c4ccccc4)c4ccccc4)cc3)ccc12. The molecule has 0 heterocycles. The van der Waals surface area contributed by atoms with Gasteiger partial charge in [0.2, 0.25) is 0 Å². The molecule has 0 unspecified atom stereocenters. The van der Waals surface area contributed by atoms with Crippen molar-refractivity contribution in [2.24, 2.45) is 0 Å². The summed E-state index contributed by atoms with van der Waals surface area (Å²) in [6.45, 7) is 0. The number of ether oxygens (including phenoxy) is 2. The summed E-state index contributed by atoms with van der Waals surface area (Å²) in [6.07, 6.45) is 0. The first kappa shape index (κ1) is 24.5. The van der Waals surface area contributed by atoms with E-state index >= 15 is 0 Å². The molecule has 0 aliphatic rings. The molecule has 0 amide bonds. The Morgan fingerprint density at radius 3 is 1.45 bits per heavy atom. The van der Waals surface area contributed by atoms with E-state index in [1.807, 2.05) is 12.1 Å². The summed E-state index contributed by atoms with van der Waals surface area (Å²) < 4.78 is 11.8. The van der Waals surface area contributed by atoms with Crippen molar-refractivity contribution in [1.29, 1.82) is 0 Å². The molecule has 0 radical (unpaired) electrons. The van der Waals surface area contributed by atoms with Crippen LogP contribution >= 0.6 is 11.8 Å². The predicted octanol–water partition coefficient (Wildman–Crippen LogP) is 9.26. The molecule has 0 aliphatic heterocycles. The van der Waals surface area contributed by atoms with Gasteiger partial charge >= 0.3 is 0 Å². The summed E-state index contributed by atoms with van der Waals surface area (Å²) in [5.41, 5.74) is 0. The number of hydrogen-bond acceptors (Lipinski definition) is 3. The zero-order valence-corrected chi connectivity index (χ0v) is 22.9. The maximum absolute atomic E-state index is 5.91. The van der Waals surface area contributed by atoms with Crippen LogP contribution in [-0.4, -0.2) is 14.2 Å². The van der Waals surface area contributed by atoms with Crippen molar-refractivity contribution in [2.75, 3.05) is 14.2 Å². The van der Waals surface area contributed by atoms with Crippen LogP contribution in [0.25, 0.3) is 21.5 Å². The third-order valence-electron chi connectivity index (χ3n) is 6.56. The molecule has 6 aromatic carbocycles. The molecule has 0 fully saturated rings. The highest BCUT2D eigenvalue weighted by molar-refractivity contribution is 7.99. The van der Waals surface area contributed by atoms with Crippen molar-refractivity contribution in [3.8, 4) is 11.5 Å². The minimum atomic E-state index is -0.149. The van der Waals surface area contributed by atoms with E-state index in [0.29, 0.717) is 0 Å². The zero-order chi connectivity index (χ0) is 25.9. The molecule has 0 atom stereocenters. The van der Waals surface area contributed by atoms with Crippen molar-refractivity contribution < 1.29 is 9.47 Å². The van der Waals surface area contributed by atoms with E-state index in [1.54, 1.807) is 26.0 Å². The highest BCUT2D eigenvalue weighted by Gasteiger charge is 2.28. The summed E-state index contributed by atoms with van der Waals surface area (Å²) in [7, 11) is 3.32. The third-order valence-corrected chi connectivity index (χ3v) is 9.79. The monoisotopic (exact) mass is 531 g/mol. The lowest BCUT2D eigenvalue weighted by Gasteiger charge is -2.15. The normalized spacial score (nSPS) is 11.2. The fourth-order valence-electron chi connectivity index (χ4n) is 4.88. The van der Waals surface area contributed by atoms with Gasteiger partial charge in [0.1, 0.15) is 11.5 Å². The molecule has 0 spiro atoms. The Labute approximate surface area is 230 Å². The topological polar surface area (TPSA) is 18.5 Å². The van der Waals surface area contributed by atoms with Crippen LogP contribution in [0, 0.1) is 0 Å². The molecule has 2 nitrogen and oxygen atoms in total. The van der Waals surface area contributed by atoms with E-state index in [1.165, 1.54) is 19.6 Å². The largest absolute Gasteiger partial charge is 0.495 e. The van der Waals surface area contributed by atoms with Crippen molar-refractivity contribution >= 4 is 44.2 Å². The molecule has 0 saturated carbocycles. The van der Waals surface area contributed by atoms with Gasteiger partial charge in [-0.2, -0.15) is 0 Å². The van der Waals surface area contributed by atoms with Gasteiger partial charge in [-0.15, -0.1) is 0 Å². The van der Waals surface area contributed by atoms with Crippen LogP contribution in [-0.2, 0) is 10.9 Å². The van der Waals surface area contributed by atoms with Gasteiger partial charge in [0.05, 0.1) is 25.1 Å². The molecule has 0 aliphatic carbocycles. The maximum Gasteiger partial charge on any atom is 0.166 e. The molecule has 0 aromatic heterocycles. The van der Waals surface area contributed by atoms with Gasteiger partial charge in [-0.1, -0.05) is 72.4 Å². The molecule has 0 bridgehead atoms. The smallest absolute Gasteiger partial charge is 0.166 e. The van der Waals surface area contributed by atoms with E-state index in [0.717, 1.165) is 37.9 Å². The van der Waals surface area contributed by atoms with Crippen molar-refractivity contribution in [2.45, 2.75) is 24.5 Å². The maximum atomic E-state index is 5.91. The average Bonchev–Trinajstić information content (AvgIpc) is 2.98. The average molecular weight is 532 g/mol. The molecule has 6 aromatic rings. The summed E-state index contributed by atoms with van der Waals surface area (Å²) >= 11 is 1.76. The first-order valence-corrected chi connectivity index (χ1v) is 14.5. The standard InChI is InChI=1S/C34H27O2S2/c1-35-33-29-15-9-10-16-30(29)34(36-2)32-23-25(19-22-31(32)33)37-24-17-20-28(21-18-24)38(26-11-5-3-6-12-26)27-13-7-4-8-14-27/h3-23H,1-2H3/q+1. The van der Waals surface area contributed by atoms with Gasteiger partial charge in [-0.3, -0.25) is 0 Å². The Morgan fingerprint density at radius 2 is 0.895 bits per heavy atom. The van der Waals surface area contributed by atoms with Gasteiger partial charge in [0.15, 0.2) is 14.7 Å². The highest BCUT2D eigenvalue weighted by Crippen LogP contribution is 2.44. The summed E-state index contributed by atoms with van der Waals surface area (Å²) in [4.78, 5) is 6.31. The second kappa shape index (κ2) is 10.9. The Hall–Kier alpha value is -3.86. The van der Waals surface area contributed by atoms with Crippen molar-refractivity contribution in [3.63, 3.8) is 0 Å². The third kappa shape index (κ3) is 4.62. The zero-order valence-electron chi connectivity index (χ0n) is 21.3. The number of fused-ring (bicyclic) bond motifs is 2. The van der Waals surface area contributed by atoms with Crippen LogP contribution in [0.5, 0.6) is 11.5 Å². The van der Waals surface area contributed by atoms with Crippen LogP contribution in [0.15, 0.2) is 152 Å². The minimum absolute atomic E-state index is 0.149. The number of rotatable bonds is 7. The molecule has 38 heavy (non-hydrogen) atoms. The van der Waals surface area contributed by atoms with E-state index in [2.05, 4.69) is 115 Å². The molecular formula is C34H27O2S2+. The summed E-state index contributed by atoms with van der Waals surface area (Å²) in [6, 6.07) is 45.3. The molecule has 4 heteroatoms. The minimum Gasteiger partial charge on any atom is -0.495 e. The number of methoxy groups -OCH3 is 2. The van der Waals surface area contributed by atoms with Crippen molar-refractivity contribution in [1.82, 2.24) is 0 Å². The van der Waals surface area contributed by atoms with Crippen molar-refractivity contribution in [3.05, 3.63) is 127 Å². The van der Waals surface area contributed by atoms with E-state index in [9.17, 15) is 0 Å². The van der Waals surface area contributed by atoms with Gasteiger partial charge < -0.3 is 9.47 Å². The first-order chi connectivity index (χ1) is 18.8. The predicted molar refractivity (Wildman–Crippen MR) is 160 cm³/mol. The first-order valence-electron chi connectivity index (χ1n) is 12.5. The van der Waals surface area contributed by atoms with E-state index < -0.39 is 0 Å². The van der Waals surface area contributed by atoms with Gasteiger partial charge in [0, 0.05) is 31.3 Å². The molecule has 6 rings (SSSR count). The Kier molecular flexibility index (Phi) is 7.00. The van der Waals surface area contributed by atoms with Gasteiger partial charge in [-0.25, -0.2) is 0 Å². The lowest BCUT2D eigenvalue weighted by Crippen LogP contribution is -2.04. The van der Waals surface area contributed by atoms with Crippen LogP contribution in [0.2, 0.25) is 0 Å². The molecule has 0 saturated heterocycles. The molecule has 186 valence electrons. The highest BCUT2D eigenvalue weighted by atomic mass is 32.2. The van der Waals surface area contributed by atoms with E-state index in [-0.39, 0.29) is 10.9 Å². The lowest BCUT2D eigenvalue weighted by molar-refractivity contribution is 0.417. The fraction of sp³-hybridized carbons (Fsp3) is 0.0588. The Bertz CT molecular complexity index is 1660. The quantitative estimate of drug-likeness (QED) is 0.151. The second-order valence-electron chi connectivity index (χ2n) is 8.83. The Balaban J connectivity index is 1.36. The summed E-state index contributed by atoms with van der Waals surface area (Å²) in [5, 5.41) is 4.22. The fourth-order valence-corrected chi connectivity index (χ4v) is 7.82. The van der Waals surface area contributed by atoms with Crippen LogP contribution in [0.1, 0.15) is 0 Å². The molecular weight excluding hydrogens is 505 g/mol. The lowest BCUT2D eigenvalue weighted by atomic mass is 10.0. The van der Waals surface area contributed by atoms with Gasteiger partial charge in [0.25, 0.3) is 0 Å². The van der Waals surface area contributed by atoms with Crippen LogP contribution < -0.4 is 9.47 Å². The summed E-state index contributed by atoms with van der Waals surface area (Å²) in [5.74, 6) is 1.76. The van der Waals surface area contributed by atoms with Gasteiger partial charge in [-0.05, 0) is 66.7 Å². The van der Waals surface area contributed by atoms with Crippen LogP contribution in [0.3, 0.4) is 0 Å². The number of benzene rings is 6. The Morgan fingerprint density at radius 1 is 0.447 bits per heavy atom.